The number of halogens is 3. The third-order valence-electron chi connectivity index (χ3n) is 5.73. The van der Waals surface area contributed by atoms with Gasteiger partial charge in [0.1, 0.15) is 0 Å². The number of nitrogens with zero attached hydrogens (tertiary/aromatic N) is 4. The predicted molar refractivity (Wildman–Crippen MR) is 116 cm³/mol. The number of rotatable bonds is 4. The SMILES string of the molecule is CC[C@@H]1CN(c2ncccn2)CCN1C(=O)c1ccc(-c2ccc(C(F)(F)F)cc2)cc1. The number of benzene rings is 2. The van der Waals surface area contributed by atoms with Crippen LogP contribution in [-0.2, 0) is 6.18 Å². The van der Waals surface area contributed by atoms with Gasteiger partial charge in [-0.2, -0.15) is 13.2 Å². The summed E-state index contributed by atoms with van der Waals surface area (Å²) in [6.07, 6.45) is -0.141. The van der Waals surface area contributed by atoms with Gasteiger partial charge in [-0.3, -0.25) is 4.79 Å². The first kappa shape index (κ1) is 21.8. The van der Waals surface area contributed by atoms with Gasteiger partial charge in [0.15, 0.2) is 0 Å². The molecule has 2 heterocycles. The molecule has 1 aliphatic heterocycles. The molecule has 1 amide bonds. The Hall–Kier alpha value is -3.42. The molecule has 0 unspecified atom stereocenters. The minimum atomic E-state index is -4.36. The smallest absolute Gasteiger partial charge is 0.337 e. The van der Waals surface area contributed by atoms with Crippen LogP contribution in [0, 0.1) is 0 Å². The Morgan fingerprint density at radius 1 is 0.969 bits per heavy atom. The number of alkyl halides is 3. The van der Waals surface area contributed by atoms with Crippen molar-refractivity contribution in [2.45, 2.75) is 25.6 Å². The molecular weight excluding hydrogens is 417 g/mol. The lowest BCUT2D eigenvalue weighted by Crippen LogP contribution is -2.55. The highest BCUT2D eigenvalue weighted by molar-refractivity contribution is 5.95. The third kappa shape index (κ3) is 4.59. The highest BCUT2D eigenvalue weighted by Crippen LogP contribution is 2.31. The second-order valence-corrected chi connectivity index (χ2v) is 7.71. The lowest BCUT2D eigenvalue weighted by atomic mass is 10.0. The average molecular weight is 440 g/mol. The van der Waals surface area contributed by atoms with E-state index in [4.69, 9.17) is 0 Å². The molecule has 1 aliphatic rings. The first-order valence-electron chi connectivity index (χ1n) is 10.5. The van der Waals surface area contributed by atoms with Gasteiger partial charge in [-0.25, -0.2) is 9.97 Å². The molecule has 0 spiro atoms. The third-order valence-corrected chi connectivity index (χ3v) is 5.73. The summed E-state index contributed by atoms with van der Waals surface area (Å²) in [6, 6.07) is 13.8. The van der Waals surface area contributed by atoms with Crippen LogP contribution in [0.4, 0.5) is 19.1 Å². The van der Waals surface area contributed by atoms with E-state index in [0.29, 0.717) is 36.7 Å². The molecule has 1 atom stereocenters. The molecule has 166 valence electrons. The van der Waals surface area contributed by atoms with Crippen molar-refractivity contribution in [2.24, 2.45) is 0 Å². The van der Waals surface area contributed by atoms with Crippen molar-refractivity contribution in [3.63, 3.8) is 0 Å². The normalized spacial score (nSPS) is 16.8. The zero-order valence-electron chi connectivity index (χ0n) is 17.6. The fraction of sp³-hybridized carbons (Fsp3) is 0.292. The lowest BCUT2D eigenvalue weighted by molar-refractivity contribution is -0.137. The van der Waals surface area contributed by atoms with E-state index in [0.717, 1.165) is 24.1 Å². The Bertz CT molecular complexity index is 1050. The molecule has 0 saturated carbocycles. The number of carbonyl (C=O) groups is 1. The topological polar surface area (TPSA) is 49.3 Å². The molecule has 1 fully saturated rings. The molecule has 8 heteroatoms. The molecule has 0 bridgehead atoms. The van der Waals surface area contributed by atoms with Gasteiger partial charge in [0, 0.05) is 43.6 Å². The highest BCUT2D eigenvalue weighted by atomic mass is 19.4. The highest BCUT2D eigenvalue weighted by Gasteiger charge is 2.31. The van der Waals surface area contributed by atoms with E-state index < -0.39 is 11.7 Å². The van der Waals surface area contributed by atoms with Crippen molar-refractivity contribution in [3.8, 4) is 11.1 Å². The molecule has 0 radical (unpaired) electrons. The molecule has 5 nitrogen and oxygen atoms in total. The van der Waals surface area contributed by atoms with Crippen LogP contribution in [0.15, 0.2) is 67.0 Å². The van der Waals surface area contributed by atoms with Gasteiger partial charge in [-0.1, -0.05) is 31.2 Å². The van der Waals surface area contributed by atoms with E-state index in [1.54, 1.807) is 42.7 Å². The zero-order valence-corrected chi connectivity index (χ0v) is 17.6. The van der Waals surface area contributed by atoms with Crippen LogP contribution >= 0.6 is 0 Å². The molecule has 32 heavy (non-hydrogen) atoms. The molecule has 0 aliphatic carbocycles. The first-order chi connectivity index (χ1) is 15.4. The molecular formula is C24H23F3N4O. The fourth-order valence-corrected chi connectivity index (χ4v) is 3.93. The molecule has 1 saturated heterocycles. The van der Waals surface area contributed by atoms with E-state index in [-0.39, 0.29) is 11.9 Å². The van der Waals surface area contributed by atoms with E-state index in [9.17, 15) is 18.0 Å². The quantitative estimate of drug-likeness (QED) is 0.579. The Morgan fingerprint density at radius 3 is 2.12 bits per heavy atom. The van der Waals surface area contributed by atoms with Crippen LogP contribution in [0.3, 0.4) is 0 Å². The maximum absolute atomic E-state index is 13.2. The summed E-state index contributed by atoms with van der Waals surface area (Å²) in [6.45, 7) is 3.93. The maximum Gasteiger partial charge on any atom is 0.416 e. The number of amides is 1. The summed E-state index contributed by atoms with van der Waals surface area (Å²) < 4.78 is 38.3. The van der Waals surface area contributed by atoms with Gasteiger partial charge in [0.05, 0.1) is 5.56 Å². The van der Waals surface area contributed by atoms with Crippen molar-refractivity contribution in [3.05, 3.63) is 78.1 Å². The molecule has 2 aromatic carbocycles. The predicted octanol–water partition coefficient (Wildman–Crippen LogP) is 4.90. The van der Waals surface area contributed by atoms with Gasteiger partial charge in [0.2, 0.25) is 5.95 Å². The van der Waals surface area contributed by atoms with Crippen LogP contribution in [0.1, 0.15) is 29.3 Å². The summed E-state index contributed by atoms with van der Waals surface area (Å²) in [5.74, 6) is 0.614. The Labute approximate surface area is 184 Å². The number of hydrogen-bond acceptors (Lipinski definition) is 4. The standard InChI is InChI=1S/C24H23F3N4O/c1-2-21-16-30(23-28-12-3-13-29-23)14-15-31(21)22(32)19-6-4-17(5-7-19)18-8-10-20(11-9-18)24(25,26)27/h3-13,21H,2,14-16H2,1H3/t21-/m1/s1. The molecule has 4 rings (SSSR count). The summed E-state index contributed by atoms with van der Waals surface area (Å²) in [7, 11) is 0. The van der Waals surface area contributed by atoms with E-state index in [1.165, 1.54) is 12.1 Å². The van der Waals surface area contributed by atoms with Crippen molar-refractivity contribution < 1.29 is 18.0 Å². The molecule has 3 aromatic rings. The van der Waals surface area contributed by atoms with Gasteiger partial charge in [-0.15, -0.1) is 0 Å². The first-order valence-corrected chi connectivity index (χ1v) is 10.5. The van der Waals surface area contributed by atoms with Gasteiger partial charge in [0.25, 0.3) is 5.91 Å². The Kier molecular flexibility index (Phi) is 6.12. The van der Waals surface area contributed by atoms with Crippen LogP contribution in [0.5, 0.6) is 0 Å². The van der Waals surface area contributed by atoms with Crippen LogP contribution < -0.4 is 4.90 Å². The fourth-order valence-electron chi connectivity index (χ4n) is 3.93. The van der Waals surface area contributed by atoms with Crippen LogP contribution in [0.2, 0.25) is 0 Å². The van der Waals surface area contributed by atoms with Crippen molar-refractivity contribution in [1.29, 1.82) is 0 Å². The summed E-state index contributed by atoms with van der Waals surface area (Å²) in [4.78, 5) is 25.7. The monoisotopic (exact) mass is 440 g/mol. The molecule has 1 aromatic heterocycles. The van der Waals surface area contributed by atoms with Crippen LogP contribution in [-0.4, -0.2) is 46.5 Å². The van der Waals surface area contributed by atoms with Crippen molar-refractivity contribution >= 4 is 11.9 Å². The van der Waals surface area contributed by atoms with Crippen molar-refractivity contribution in [2.75, 3.05) is 24.5 Å². The maximum atomic E-state index is 13.2. The Balaban J connectivity index is 1.46. The molecule has 0 N–H and O–H groups in total. The van der Waals surface area contributed by atoms with Crippen LogP contribution in [0.25, 0.3) is 11.1 Å². The number of anilines is 1. The minimum Gasteiger partial charge on any atom is -0.337 e. The summed E-state index contributed by atoms with van der Waals surface area (Å²) >= 11 is 0. The number of aromatic nitrogens is 2. The summed E-state index contributed by atoms with van der Waals surface area (Å²) in [5, 5.41) is 0. The van der Waals surface area contributed by atoms with E-state index in [1.807, 2.05) is 11.8 Å². The number of carbonyl (C=O) groups excluding carboxylic acids is 1. The minimum absolute atomic E-state index is 0.0367. The van der Waals surface area contributed by atoms with Gasteiger partial charge >= 0.3 is 6.18 Å². The van der Waals surface area contributed by atoms with Gasteiger partial charge < -0.3 is 9.80 Å². The van der Waals surface area contributed by atoms with Gasteiger partial charge in [-0.05, 0) is 47.9 Å². The van der Waals surface area contributed by atoms with E-state index in [2.05, 4.69) is 14.9 Å². The number of piperazine rings is 1. The largest absolute Gasteiger partial charge is 0.416 e. The van der Waals surface area contributed by atoms with Crippen molar-refractivity contribution in [1.82, 2.24) is 14.9 Å². The summed E-state index contributed by atoms with van der Waals surface area (Å²) in [5.41, 5.74) is 1.30. The second-order valence-electron chi connectivity index (χ2n) is 7.71. The lowest BCUT2D eigenvalue weighted by Gasteiger charge is -2.41. The zero-order chi connectivity index (χ0) is 22.7. The number of hydrogen-bond donors (Lipinski definition) is 0. The Morgan fingerprint density at radius 2 is 1.56 bits per heavy atom. The second kappa shape index (κ2) is 8.98. The average Bonchev–Trinajstić information content (AvgIpc) is 2.83. The van der Waals surface area contributed by atoms with E-state index >= 15 is 0 Å².